The van der Waals surface area contributed by atoms with Crippen LogP contribution in [0.2, 0.25) is 0 Å². The molecule has 2 aliphatic rings. The number of nitrogens with one attached hydrogen (secondary N) is 1. The Morgan fingerprint density at radius 1 is 0.939 bits per heavy atom. The molecule has 1 amide bonds. The van der Waals surface area contributed by atoms with Crippen molar-refractivity contribution in [1.29, 1.82) is 0 Å². The van der Waals surface area contributed by atoms with Gasteiger partial charge in [0.05, 0.1) is 13.2 Å². The summed E-state index contributed by atoms with van der Waals surface area (Å²) in [5.41, 5.74) is 2.98. The maximum absolute atomic E-state index is 12.8. The summed E-state index contributed by atoms with van der Waals surface area (Å²) in [5.74, 6) is -3.71. The second-order valence-corrected chi connectivity index (χ2v) is 12.9. The molecule has 0 spiro atoms. The van der Waals surface area contributed by atoms with Gasteiger partial charge in [-0.3, -0.25) is 4.79 Å². The van der Waals surface area contributed by atoms with E-state index in [1.807, 2.05) is 12.1 Å². The Bertz CT molecular complexity index is 1760. The van der Waals surface area contributed by atoms with Crippen LogP contribution in [0.25, 0.3) is 6.08 Å². The van der Waals surface area contributed by atoms with Crippen LogP contribution in [0.4, 0.5) is 5.69 Å². The molecule has 0 aromatic heterocycles. The molecule has 7 N–H and O–H groups in total. The number of anilines is 1. The van der Waals surface area contributed by atoms with Crippen molar-refractivity contribution >= 4 is 17.7 Å². The Morgan fingerprint density at radius 2 is 1.61 bits per heavy atom. The zero-order valence-corrected chi connectivity index (χ0v) is 27.8. The third-order valence-corrected chi connectivity index (χ3v) is 8.23. The molecular formula is C36H41NO12. The van der Waals surface area contributed by atoms with E-state index < -0.39 is 53.4 Å². The predicted octanol–water partition coefficient (Wildman–Crippen LogP) is 4.57. The van der Waals surface area contributed by atoms with Gasteiger partial charge in [-0.25, -0.2) is 0 Å². The van der Waals surface area contributed by atoms with E-state index in [2.05, 4.69) is 38.2 Å². The molecule has 0 aliphatic carbocycles. The molecule has 1 fully saturated rings. The Labute approximate surface area is 283 Å². The lowest BCUT2D eigenvalue weighted by molar-refractivity contribution is -0.112. The molecule has 2 aliphatic heterocycles. The lowest BCUT2D eigenvalue weighted by Crippen LogP contribution is -2.35. The predicted molar refractivity (Wildman–Crippen MR) is 178 cm³/mol. The Kier molecular flexibility index (Phi) is 10.3. The summed E-state index contributed by atoms with van der Waals surface area (Å²) < 4.78 is 27.4. The molecule has 13 nitrogen and oxygen atoms in total. The van der Waals surface area contributed by atoms with Crippen LogP contribution in [0.1, 0.15) is 51.3 Å². The van der Waals surface area contributed by atoms with Crippen molar-refractivity contribution in [1.82, 2.24) is 0 Å². The number of phenolic OH excluding ortho intramolecular Hbond substituents is 4. The van der Waals surface area contributed by atoms with Gasteiger partial charge in [0.2, 0.25) is 30.3 Å². The highest BCUT2D eigenvalue weighted by atomic mass is 16.7. The Morgan fingerprint density at radius 3 is 2.27 bits per heavy atom. The summed E-state index contributed by atoms with van der Waals surface area (Å²) in [7, 11) is 0. The van der Waals surface area contributed by atoms with Crippen molar-refractivity contribution in [2.75, 3.05) is 18.7 Å². The number of ether oxygens (including phenoxy) is 5. The van der Waals surface area contributed by atoms with Crippen molar-refractivity contribution in [2.24, 2.45) is 0 Å². The van der Waals surface area contributed by atoms with Crippen molar-refractivity contribution < 1.29 is 59.1 Å². The first-order valence-corrected chi connectivity index (χ1v) is 15.6. The molecule has 1 saturated heterocycles. The number of amides is 1. The van der Waals surface area contributed by atoms with Crippen molar-refractivity contribution in [3.8, 4) is 40.2 Å². The molecule has 0 unspecified atom stereocenters. The van der Waals surface area contributed by atoms with Crippen LogP contribution in [0.15, 0.2) is 59.7 Å². The van der Waals surface area contributed by atoms with Gasteiger partial charge in [-0.2, -0.15) is 0 Å². The quantitative estimate of drug-likeness (QED) is 0.0519. The number of rotatable bonds is 10. The molecule has 262 valence electrons. The van der Waals surface area contributed by atoms with Crippen LogP contribution in [0.3, 0.4) is 0 Å². The van der Waals surface area contributed by atoms with Gasteiger partial charge < -0.3 is 59.6 Å². The minimum atomic E-state index is -1.41. The lowest BCUT2D eigenvalue weighted by Gasteiger charge is -2.19. The third-order valence-electron chi connectivity index (χ3n) is 8.23. The number of carbonyl (C=O) groups is 1. The van der Waals surface area contributed by atoms with Gasteiger partial charge in [-0.1, -0.05) is 57.2 Å². The topological polar surface area (TPSA) is 197 Å². The standard InChI is InChI=1S/C36H41NO12/c1-18(12-13-45-16-20-6-9-22(10-7-20)36(3,4)5)31-29(42)30(43)35(49-31)48-24-11-8-21(15-23(24)38)14-19(2)34(44)37-25-26(39)28(41)33-32(27(25)40)46-17-47-33/h6-12,14-15,29-31,35,38-43H,13,16-17H2,1-5H3,(H,37,44)/b18-12+,19-14+/t29-,30-,31+,35+/m0/s1. The molecule has 49 heavy (non-hydrogen) atoms. The van der Waals surface area contributed by atoms with E-state index in [0.29, 0.717) is 17.7 Å². The molecule has 4 atom stereocenters. The second-order valence-electron chi connectivity index (χ2n) is 12.9. The number of aliphatic hydroxyl groups is 2. The van der Waals surface area contributed by atoms with Gasteiger partial charge in [0.15, 0.2) is 23.0 Å². The number of carbonyl (C=O) groups excluding carboxylic acids is 1. The fourth-order valence-electron chi connectivity index (χ4n) is 5.28. The Hall–Kier alpha value is -4.95. The summed E-state index contributed by atoms with van der Waals surface area (Å²) >= 11 is 0. The van der Waals surface area contributed by atoms with Crippen LogP contribution >= 0.6 is 0 Å². The van der Waals surface area contributed by atoms with Gasteiger partial charge in [-0.15, -0.1) is 0 Å². The van der Waals surface area contributed by atoms with Crippen LogP contribution in [-0.4, -0.2) is 74.5 Å². The first-order chi connectivity index (χ1) is 23.1. The number of hydrogen-bond donors (Lipinski definition) is 7. The molecule has 3 aromatic carbocycles. The van der Waals surface area contributed by atoms with Gasteiger partial charge in [0.1, 0.15) is 24.0 Å². The molecule has 3 aromatic rings. The number of aliphatic hydroxyl groups excluding tert-OH is 2. The van der Waals surface area contributed by atoms with Gasteiger partial charge in [0, 0.05) is 5.57 Å². The first kappa shape index (κ1) is 35.4. The number of benzene rings is 3. The highest BCUT2D eigenvalue weighted by Crippen LogP contribution is 2.56. The van der Waals surface area contributed by atoms with Crippen molar-refractivity contribution in [3.05, 3.63) is 76.4 Å². The van der Waals surface area contributed by atoms with Gasteiger partial charge >= 0.3 is 0 Å². The summed E-state index contributed by atoms with van der Waals surface area (Å²) in [6.07, 6.45) is -1.68. The zero-order valence-electron chi connectivity index (χ0n) is 27.8. The molecule has 2 heterocycles. The SMILES string of the molecule is C/C(=C\c1ccc(O[C@@H]2O[C@H](/C(C)=C/COCc3ccc(C(C)(C)C)cc3)[C@@H](O)[C@@H]2O)c(O)c1)C(=O)Nc1c(O)c(O)c2c(c1O)OCO2. The van der Waals surface area contributed by atoms with Crippen LogP contribution < -0.4 is 19.5 Å². The molecule has 13 heteroatoms. The fraction of sp³-hybridized carbons (Fsp3) is 0.361. The van der Waals surface area contributed by atoms with Crippen molar-refractivity contribution in [2.45, 2.75) is 71.2 Å². The normalized spacial score (nSPS) is 20.8. The van der Waals surface area contributed by atoms with E-state index in [9.17, 15) is 35.4 Å². The molecule has 5 rings (SSSR count). The van der Waals surface area contributed by atoms with Crippen molar-refractivity contribution in [3.63, 3.8) is 0 Å². The molecule has 0 saturated carbocycles. The van der Waals surface area contributed by atoms with E-state index >= 15 is 0 Å². The van der Waals surface area contributed by atoms with Gasteiger partial charge in [-0.05, 0) is 59.7 Å². The van der Waals surface area contributed by atoms with Gasteiger partial charge in [0.25, 0.3) is 5.91 Å². The Balaban J connectivity index is 1.17. The highest BCUT2D eigenvalue weighted by molar-refractivity contribution is 6.08. The largest absolute Gasteiger partial charge is 0.504 e. The monoisotopic (exact) mass is 679 g/mol. The maximum Gasteiger partial charge on any atom is 0.251 e. The van der Waals surface area contributed by atoms with E-state index in [4.69, 9.17) is 23.7 Å². The first-order valence-electron chi connectivity index (χ1n) is 15.6. The van der Waals surface area contributed by atoms with Crippen LogP contribution in [0, 0.1) is 0 Å². The van der Waals surface area contributed by atoms with Crippen LogP contribution in [-0.2, 0) is 26.3 Å². The van der Waals surface area contributed by atoms with E-state index in [1.54, 1.807) is 13.0 Å². The van der Waals surface area contributed by atoms with E-state index in [-0.39, 0.29) is 47.4 Å². The summed E-state index contributed by atoms with van der Waals surface area (Å²) in [6, 6.07) is 12.5. The summed E-state index contributed by atoms with van der Waals surface area (Å²) in [4.78, 5) is 12.8. The highest BCUT2D eigenvalue weighted by Gasteiger charge is 2.45. The number of fused-ring (bicyclic) bond motifs is 1. The molecule has 0 bridgehead atoms. The van der Waals surface area contributed by atoms with E-state index in [1.165, 1.54) is 36.8 Å². The maximum atomic E-state index is 12.8. The fourth-order valence-corrected chi connectivity index (χ4v) is 5.28. The number of phenols is 4. The summed E-state index contributed by atoms with van der Waals surface area (Å²) in [5, 5.41) is 65.1. The third kappa shape index (κ3) is 7.70. The molecule has 0 radical (unpaired) electrons. The lowest BCUT2D eigenvalue weighted by atomic mass is 9.87. The number of hydrogen-bond acceptors (Lipinski definition) is 12. The second kappa shape index (κ2) is 14.3. The number of aromatic hydroxyl groups is 4. The summed E-state index contributed by atoms with van der Waals surface area (Å²) in [6.45, 7) is 10.0. The average Bonchev–Trinajstić information content (AvgIpc) is 3.66. The van der Waals surface area contributed by atoms with Crippen LogP contribution in [0.5, 0.6) is 40.2 Å². The minimum Gasteiger partial charge on any atom is -0.504 e. The molecular weight excluding hydrogens is 638 g/mol. The van der Waals surface area contributed by atoms with E-state index in [0.717, 1.165) is 5.56 Å². The smallest absolute Gasteiger partial charge is 0.251 e. The zero-order chi connectivity index (χ0) is 35.6. The minimum absolute atomic E-state index is 0.0377. The average molecular weight is 680 g/mol.